The lowest BCUT2D eigenvalue weighted by Crippen LogP contribution is -2.48. The molecule has 110 valence electrons. The van der Waals surface area contributed by atoms with E-state index < -0.39 is 21.4 Å². The Balaban J connectivity index is 2.60. The zero-order chi connectivity index (χ0) is 14.9. The van der Waals surface area contributed by atoms with Crippen molar-refractivity contribution in [3.8, 4) is 0 Å². The number of sulfonamides is 1. The van der Waals surface area contributed by atoms with Crippen LogP contribution >= 0.6 is 11.8 Å². The van der Waals surface area contributed by atoms with E-state index in [4.69, 9.17) is 0 Å². The molecule has 2 rings (SSSR count). The van der Waals surface area contributed by atoms with Crippen LogP contribution in [0.4, 0.5) is 0 Å². The Morgan fingerprint density at radius 1 is 1.25 bits per heavy atom. The van der Waals surface area contributed by atoms with Crippen LogP contribution in [0.15, 0.2) is 35.3 Å². The van der Waals surface area contributed by atoms with Crippen molar-refractivity contribution in [1.29, 1.82) is 0 Å². The Hall–Kier alpha value is -1.05. The highest BCUT2D eigenvalue weighted by Crippen LogP contribution is 2.36. The summed E-state index contributed by atoms with van der Waals surface area (Å²) in [6, 6.07) is 9.26. The SMILES string of the molecule is CSC1=NC(N(C)C)C(c2ccccc2)S(=O)(=O)N1C. The van der Waals surface area contributed by atoms with Gasteiger partial charge in [-0.1, -0.05) is 42.1 Å². The normalized spacial score (nSPS) is 25.6. The maximum Gasteiger partial charge on any atom is 0.247 e. The predicted octanol–water partition coefficient (Wildman–Crippen LogP) is 1.61. The first-order valence-corrected chi connectivity index (χ1v) is 8.93. The van der Waals surface area contributed by atoms with Crippen molar-refractivity contribution < 1.29 is 8.42 Å². The minimum absolute atomic E-state index is 0.416. The molecule has 0 aromatic heterocycles. The smallest absolute Gasteiger partial charge is 0.247 e. The molecule has 20 heavy (non-hydrogen) atoms. The van der Waals surface area contributed by atoms with Gasteiger partial charge < -0.3 is 0 Å². The number of hydrogen-bond acceptors (Lipinski definition) is 5. The number of thioether (sulfide) groups is 1. The molecule has 0 bridgehead atoms. The third-order valence-corrected chi connectivity index (χ3v) is 6.28. The molecule has 0 spiro atoms. The van der Waals surface area contributed by atoms with Gasteiger partial charge in [-0.3, -0.25) is 9.21 Å². The van der Waals surface area contributed by atoms with Crippen LogP contribution in [0.1, 0.15) is 10.8 Å². The topological polar surface area (TPSA) is 53.0 Å². The number of aliphatic imine (C=N–C) groups is 1. The molecule has 1 aliphatic rings. The first-order valence-electron chi connectivity index (χ1n) is 6.20. The van der Waals surface area contributed by atoms with Gasteiger partial charge in [0.25, 0.3) is 0 Å². The van der Waals surface area contributed by atoms with E-state index in [1.54, 1.807) is 7.05 Å². The van der Waals surface area contributed by atoms with Gasteiger partial charge in [0.2, 0.25) is 10.0 Å². The van der Waals surface area contributed by atoms with Gasteiger partial charge in [0.1, 0.15) is 11.4 Å². The fourth-order valence-electron chi connectivity index (χ4n) is 2.25. The van der Waals surface area contributed by atoms with Crippen molar-refractivity contribution in [2.24, 2.45) is 4.99 Å². The van der Waals surface area contributed by atoms with Crippen LogP contribution in [0.2, 0.25) is 0 Å². The molecular formula is C13H19N3O2S2. The van der Waals surface area contributed by atoms with Crippen LogP contribution in [0.5, 0.6) is 0 Å². The standard InChI is InChI=1S/C13H19N3O2S2/c1-15(2)12-11(10-8-6-5-7-9-10)20(17,18)16(3)13(14-12)19-4/h5-9,11-12H,1-4H3. The highest BCUT2D eigenvalue weighted by atomic mass is 32.2. The first kappa shape index (κ1) is 15.3. The number of benzene rings is 1. The van der Waals surface area contributed by atoms with Gasteiger partial charge in [-0.2, -0.15) is 0 Å². The van der Waals surface area contributed by atoms with Crippen LogP contribution in [-0.4, -0.2) is 56.4 Å². The monoisotopic (exact) mass is 313 g/mol. The van der Waals surface area contributed by atoms with E-state index in [0.29, 0.717) is 5.17 Å². The molecule has 5 nitrogen and oxygen atoms in total. The predicted molar refractivity (Wildman–Crippen MR) is 84.3 cm³/mol. The van der Waals surface area contributed by atoms with Crippen LogP contribution in [-0.2, 0) is 10.0 Å². The third kappa shape index (κ3) is 2.57. The van der Waals surface area contributed by atoms with Crippen molar-refractivity contribution in [3.05, 3.63) is 35.9 Å². The molecule has 0 saturated carbocycles. The van der Waals surface area contributed by atoms with Crippen molar-refractivity contribution in [2.45, 2.75) is 11.4 Å². The summed E-state index contributed by atoms with van der Waals surface area (Å²) < 4.78 is 26.9. The fourth-order valence-corrected chi connectivity index (χ4v) is 4.97. The largest absolute Gasteiger partial charge is 0.287 e. The van der Waals surface area contributed by atoms with Crippen molar-refractivity contribution in [2.75, 3.05) is 27.4 Å². The van der Waals surface area contributed by atoms with Crippen molar-refractivity contribution >= 4 is 27.0 Å². The van der Waals surface area contributed by atoms with Crippen molar-refractivity contribution in [3.63, 3.8) is 0 Å². The lowest BCUT2D eigenvalue weighted by molar-refractivity contribution is 0.282. The summed E-state index contributed by atoms with van der Waals surface area (Å²) in [5.74, 6) is 0. The summed E-state index contributed by atoms with van der Waals surface area (Å²) in [5, 5.41) is -0.157. The van der Waals surface area contributed by atoms with Crippen molar-refractivity contribution in [1.82, 2.24) is 9.21 Å². The van der Waals surface area contributed by atoms with Gasteiger partial charge in [-0.05, 0) is 25.9 Å². The lowest BCUT2D eigenvalue weighted by Gasteiger charge is -2.37. The van der Waals surface area contributed by atoms with Crippen LogP contribution in [0.3, 0.4) is 0 Å². The van der Waals surface area contributed by atoms with E-state index in [9.17, 15) is 8.42 Å². The van der Waals surface area contributed by atoms with Crippen LogP contribution in [0.25, 0.3) is 0 Å². The zero-order valence-corrected chi connectivity index (χ0v) is 13.6. The molecule has 2 atom stereocenters. The minimum atomic E-state index is -3.47. The first-order chi connectivity index (χ1) is 9.39. The molecule has 2 unspecified atom stereocenters. The number of hydrogen-bond donors (Lipinski definition) is 0. The van der Waals surface area contributed by atoms with Gasteiger partial charge in [-0.25, -0.2) is 13.4 Å². The molecule has 0 amide bonds. The van der Waals surface area contributed by atoms with E-state index in [1.807, 2.05) is 55.6 Å². The van der Waals surface area contributed by atoms with E-state index >= 15 is 0 Å². The Labute approximate surface area is 124 Å². The Bertz CT molecular complexity index is 599. The van der Waals surface area contributed by atoms with Gasteiger partial charge >= 0.3 is 0 Å². The summed E-state index contributed by atoms with van der Waals surface area (Å²) in [6.07, 6.45) is 1.42. The molecule has 0 N–H and O–H groups in total. The third-order valence-electron chi connectivity index (χ3n) is 3.33. The molecule has 1 aromatic carbocycles. The number of nitrogens with zero attached hydrogens (tertiary/aromatic N) is 3. The second-order valence-electron chi connectivity index (χ2n) is 4.84. The zero-order valence-electron chi connectivity index (χ0n) is 12.0. The number of rotatable bonds is 2. The van der Waals surface area contributed by atoms with E-state index in [0.717, 1.165) is 5.56 Å². The van der Waals surface area contributed by atoms with Gasteiger partial charge in [0.15, 0.2) is 5.17 Å². The minimum Gasteiger partial charge on any atom is -0.287 e. The molecule has 0 radical (unpaired) electrons. The molecule has 7 heteroatoms. The Morgan fingerprint density at radius 2 is 1.85 bits per heavy atom. The van der Waals surface area contributed by atoms with E-state index in [1.165, 1.54) is 16.1 Å². The highest BCUT2D eigenvalue weighted by Gasteiger charge is 2.43. The summed E-state index contributed by atoms with van der Waals surface area (Å²) in [4.78, 5) is 6.43. The molecular weight excluding hydrogens is 294 g/mol. The average molecular weight is 313 g/mol. The van der Waals surface area contributed by atoms with E-state index in [2.05, 4.69) is 4.99 Å². The molecule has 0 aliphatic carbocycles. The van der Waals surface area contributed by atoms with E-state index in [-0.39, 0.29) is 0 Å². The molecule has 0 saturated heterocycles. The summed E-state index contributed by atoms with van der Waals surface area (Å²) >= 11 is 1.34. The summed E-state index contributed by atoms with van der Waals surface area (Å²) in [6.45, 7) is 0. The number of amidine groups is 1. The Morgan fingerprint density at radius 3 is 2.35 bits per heavy atom. The molecule has 1 aliphatic heterocycles. The average Bonchev–Trinajstić information content (AvgIpc) is 2.42. The quantitative estimate of drug-likeness (QED) is 0.832. The van der Waals surface area contributed by atoms with Gasteiger partial charge in [-0.15, -0.1) is 0 Å². The highest BCUT2D eigenvalue weighted by molar-refractivity contribution is 8.14. The molecule has 1 heterocycles. The number of likely N-dealkylation sites (N-methyl/N-ethyl adjacent to an activating group) is 1. The maximum atomic E-state index is 12.8. The van der Waals surface area contributed by atoms with Gasteiger partial charge in [0, 0.05) is 7.05 Å². The Kier molecular flexibility index (Phi) is 4.41. The molecule has 1 aromatic rings. The van der Waals surface area contributed by atoms with Gasteiger partial charge in [0.05, 0.1) is 0 Å². The van der Waals surface area contributed by atoms with Crippen LogP contribution < -0.4 is 0 Å². The second-order valence-corrected chi connectivity index (χ2v) is 7.70. The van der Waals surface area contributed by atoms with Crippen LogP contribution in [0, 0.1) is 0 Å². The summed E-state index contributed by atoms with van der Waals surface area (Å²) in [7, 11) is 1.79. The lowest BCUT2D eigenvalue weighted by atomic mass is 10.1. The second kappa shape index (κ2) is 5.75. The fraction of sp³-hybridized carbons (Fsp3) is 0.462. The summed E-state index contributed by atoms with van der Waals surface area (Å²) in [5.41, 5.74) is 0.766. The maximum absolute atomic E-state index is 12.8. The molecule has 0 fully saturated rings.